The Morgan fingerprint density at radius 1 is 1.00 bits per heavy atom. The Kier molecular flexibility index (Phi) is 6.87. The zero-order valence-electron chi connectivity index (χ0n) is 17.7. The smallest absolute Gasteiger partial charge is 0.230 e. The Morgan fingerprint density at radius 2 is 1.75 bits per heavy atom. The Bertz CT molecular complexity index is 1230. The monoisotopic (exact) mass is 463 g/mol. The van der Waals surface area contributed by atoms with Gasteiger partial charge in [0, 0.05) is 29.5 Å². The molecule has 0 saturated carbocycles. The number of hydrogen-bond acceptors (Lipinski definition) is 5. The molecular formula is C24H22ClN5OS. The van der Waals surface area contributed by atoms with Crippen LogP contribution in [-0.2, 0) is 11.3 Å². The van der Waals surface area contributed by atoms with Gasteiger partial charge in [0.05, 0.1) is 11.4 Å². The van der Waals surface area contributed by atoms with Crippen LogP contribution >= 0.6 is 23.4 Å². The van der Waals surface area contributed by atoms with Crippen molar-refractivity contribution in [3.63, 3.8) is 0 Å². The molecule has 4 rings (SSSR count). The van der Waals surface area contributed by atoms with E-state index < -0.39 is 0 Å². The molecule has 0 unspecified atom stereocenters. The first-order chi connectivity index (χ1) is 15.5. The minimum Gasteiger partial charge on any atom is -0.351 e. The summed E-state index contributed by atoms with van der Waals surface area (Å²) in [6, 6.07) is 17.4. The van der Waals surface area contributed by atoms with Crippen molar-refractivity contribution in [2.24, 2.45) is 0 Å². The van der Waals surface area contributed by atoms with Gasteiger partial charge < -0.3 is 5.32 Å². The van der Waals surface area contributed by atoms with E-state index in [0.29, 0.717) is 22.5 Å². The van der Waals surface area contributed by atoms with Crippen LogP contribution in [0.5, 0.6) is 0 Å². The van der Waals surface area contributed by atoms with Gasteiger partial charge in [0.1, 0.15) is 0 Å². The molecule has 0 saturated heterocycles. The number of rotatable bonds is 7. The second-order valence-corrected chi connectivity index (χ2v) is 8.72. The number of carbonyl (C=O) groups is 1. The summed E-state index contributed by atoms with van der Waals surface area (Å²) in [5, 5.41) is 13.1. The molecule has 2 heterocycles. The molecule has 32 heavy (non-hydrogen) atoms. The van der Waals surface area contributed by atoms with E-state index in [1.807, 2.05) is 47.0 Å². The number of halogens is 1. The van der Waals surface area contributed by atoms with E-state index in [1.165, 1.54) is 22.9 Å². The lowest BCUT2D eigenvalue weighted by Crippen LogP contribution is -2.24. The van der Waals surface area contributed by atoms with E-state index in [-0.39, 0.29) is 11.7 Å². The Labute approximate surface area is 196 Å². The minimum absolute atomic E-state index is 0.0787. The fraction of sp³-hybridized carbons (Fsp3) is 0.167. The summed E-state index contributed by atoms with van der Waals surface area (Å²) in [4.78, 5) is 16.5. The lowest BCUT2D eigenvalue weighted by Gasteiger charge is -2.12. The van der Waals surface area contributed by atoms with Crippen LogP contribution in [0.3, 0.4) is 0 Å². The van der Waals surface area contributed by atoms with E-state index in [0.717, 1.165) is 16.8 Å². The van der Waals surface area contributed by atoms with E-state index >= 15 is 0 Å². The third-order valence-electron chi connectivity index (χ3n) is 5.06. The molecule has 6 nitrogen and oxygen atoms in total. The topological polar surface area (TPSA) is 72.7 Å². The number of nitrogens with zero attached hydrogens (tertiary/aromatic N) is 4. The molecule has 8 heteroatoms. The van der Waals surface area contributed by atoms with Crippen molar-refractivity contribution in [2.45, 2.75) is 25.5 Å². The number of pyridine rings is 1. The predicted octanol–water partition coefficient (Wildman–Crippen LogP) is 5.01. The van der Waals surface area contributed by atoms with Gasteiger partial charge in [-0.3, -0.25) is 14.3 Å². The highest BCUT2D eigenvalue weighted by Gasteiger charge is 2.17. The van der Waals surface area contributed by atoms with Crippen LogP contribution in [0.15, 0.2) is 72.1 Å². The predicted molar refractivity (Wildman–Crippen MR) is 128 cm³/mol. The number of carbonyl (C=O) groups excluding carboxylic acids is 1. The van der Waals surface area contributed by atoms with Gasteiger partial charge in [-0.05, 0) is 66.9 Å². The second kappa shape index (κ2) is 9.97. The van der Waals surface area contributed by atoms with Crippen LogP contribution in [-0.4, -0.2) is 31.4 Å². The lowest BCUT2D eigenvalue weighted by molar-refractivity contribution is -0.118. The molecule has 0 aliphatic carbocycles. The molecule has 1 amide bonds. The van der Waals surface area contributed by atoms with Crippen molar-refractivity contribution < 1.29 is 4.79 Å². The SMILES string of the molecule is Cc1ccc(-n2c(SCC(=O)NCc3ccc(Cl)cc3)nnc2-c2ccncc2)cc1C. The number of benzene rings is 2. The lowest BCUT2D eigenvalue weighted by atomic mass is 10.1. The summed E-state index contributed by atoms with van der Waals surface area (Å²) in [5.41, 5.74) is 5.24. The molecule has 2 aromatic heterocycles. The Hall–Kier alpha value is -3.16. The molecule has 0 aliphatic heterocycles. The summed E-state index contributed by atoms with van der Waals surface area (Å²) in [7, 11) is 0. The molecule has 1 N–H and O–H groups in total. The van der Waals surface area contributed by atoms with Crippen molar-refractivity contribution >= 4 is 29.3 Å². The minimum atomic E-state index is -0.0787. The van der Waals surface area contributed by atoms with Crippen LogP contribution in [0.25, 0.3) is 17.1 Å². The molecule has 2 aromatic carbocycles. The number of nitrogens with one attached hydrogen (secondary N) is 1. The van der Waals surface area contributed by atoms with E-state index in [9.17, 15) is 4.79 Å². The van der Waals surface area contributed by atoms with Crippen molar-refractivity contribution in [2.75, 3.05) is 5.75 Å². The summed E-state index contributed by atoms with van der Waals surface area (Å²) < 4.78 is 1.99. The molecular weight excluding hydrogens is 442 g/mol. The molecule has 0 radical (unpaired) electrons. The normalized spacial score (nSPS) is 10.8. The van der Waals surface area contributed by atoms with Gasteiger partial charge in [0.25, 0.3) is 0 Å². The first kappa shape index (κ1) is 22.0. The van der Waals surface area contributed by atoms with E-state index in [1.54, 1.807) is 12.4 Å². The van der Waals surface area contributed by atoms with Gasteiger partial charge >= 0.3 is 0 Å². The highest BCUT2D eigenvalue weighted by molar-refractivity contribution is 7.99. The van der Waals surface area contributed by atoms with Gasteiger partial charge in [-0.25, -0.2) is 0 Å². The quantitative estimate of drug-likeness (QED) is 0.390. The van der Waals surface area contributed by atoms with Gasteiger partial charge in [0.15, 0.2) is 11.0 Å². The van der Waals surface area contributed by atoms with Crippen LogP contribution in [0.2, 0.25) is 5.02 Å². The molecule has 0 aliphatic rings. The van der Waals surface area contributed by atoms with Crippen LogP contribution in [0, 0.1) is 13.8 Å². The molecule has 0 bridgehead atoms. The number of hydrogen-bond donors (Lipinski definition) is 1. The van der Waals surface area contributed by atoms with Crippen LogP contribution < -0.4 is 5.32 Å². The van der Waals surface area contributed by atoms with Gasteiger partial charge in [0.2, 0.25) is 5.91 Å². The fourth-order valence-corrected chi connectivity index (χ4v) is 4.04. The van der Waals surface area contributed by atoms with Crippen LogP contribution in [0.4, 0.5) is 0 Å². The van der Waals surface area contributed by atoms with Gasteiger partial charge in [-0.1, -0.05) is 41.6 Å². The highest BCUT2D eigenvalue weighted by Crippen LogP contribution is 2.28. The first-order valence-corrected chi connectivity index (χ1v) is 11.4. The summed E-state index contributed by atoms with van der Waals surface area (Å²) in [6.45, 7) is 4.60. The average molecular weight is 464 g/mol. The van der Waals surface area contributed by atoms with E-state index in [4.69, 9.17) is 11.6 Å². The van der Waals surface area contributed by atoms with Gasteiger partial charge in [-0.15, -0.1) is 10.2 Å². The first-order valence-electron chi connectivity index (χ1n) is 10.1. The summed E-state index contributed by atoms with van der Waals surface area (Å²) in [5.74, 6) is 0.858. The number of amides is 1. The number of aromatic nitrogens is 4. The van der Waals surface area contributed by atoms with Crippen molar-refractivity contribution in [1.82, 2.24) is 25.1 Å². The van der Waals surface area contributed by atoms with Crippen molar-refractivity contribution in [1.29, 1.82) is 0 Å². The molecule has 0 atom stereocenters. The maximum Gasteiger partial charge on any atom is 0.230 e. The third-order valence-corrected chi connectivity index (χ3v) is 6.24. The third kappa shape index (κ3) is 5.18. The fourth-order valence-electron chi connectivity index (χ4n) is 3.13. The largest absolute Gasteiger partial charge is 0.351 e. The Balaban J connectivity index is 1.54. The molecule has 0 fully saturated rings. The zero-order valence-corrected chi connectivity index (χ0v) is 19.3. The molecule has 0 spiro atoms. The van der Waals surface area contributed by atoms with Crippen molar-refractivity contribution in [3.8, 4) is 17.1 Å². The highest BCUT2D eigenvalue weighted by atomic mass is 35.5. The summed E-state index contributed by atoms with van der Waals surface area (Å²) in [6.07, 6.45) is 3.46. The zero-order chi connectivity index (χ0) is 22.5. The Morgan fingerprint density at radius 3 is 2.47 bits per heavy atom. The van der Waals surface area contributed by atoms with Crippen molar-refractivity contribution in [3.05, 3.63) is 88.7 Å². The molecule has 162 valence electrons. The van der Waals surface area contributed by atoms with Crippen LogP contribution in [0.1, 0.15) is 16.7 Å². The average Bonchev–Trinajstić information content (AvgIpc) is 3.23. The van der Waals surface area contributed by atoms with E-state index in [2.05, 4.69) is 46.5 Å². The standard InChI is InChI=1S/C24H22ClN5OS/c1-16-3-8-21(13-17(16)2)30-23(19-9-11-26-12-10-19)28-29-24(30)32-15-22(31)27-14-18-4-6-20(25)7-5-18/h3-13H,14-15H2,1-2H3,(H,27,31). The summed E-state index contributed by atoms with van der Waals surface area (Å²) >= 11 is 7.27. The second-order valence-electron chi connectivity index (χ2n) is 7.34. The maximum absolute atomic E-state index is 12.5. The molecule has 4 aromatic rings. The number of thioether (sulfide) groups is 1. The maximum atomic E-state index is 12.5. The number of aryl methyl sites for hydroxylation is 2. The van der Waals surface area contributed by atoms with Gasteiger partial charge in [-0.2, -0.15) is 0 Å².